The smallest absolute Gasteiger partial charge is 0.268 e. The highest BCUT2D eigenvalue weighted by Gasteiger charge is 2.40. The van der Waals surface area contributed by atoms with Gasteiger partial charge in [-0.05, 0) is 75.7 Å². The number of unbranched alkanes of at least 4 members (excludes halogenated alkanes) is 3. The molecule has 0 saturated heterocycles. The fraction of sp³-hybridized carbons (Fsp3) is 0.333. The third kappa shape index (κ3) is 11.1. The van der Waals surface area contributed by atoms with Gasteiger partial charge >= 0.3 is 0 Å². The summed E-state index contributed by atoms with van der Waals surface area (Å²) in [7, 11) is 3.53. The fourth-order valence-electron chi connectivity index (χ4n) is 5.66. The third-order valence-electron chi connectivity index (χ3n) is 8.17. The predicted octanol–water partition coefficient (Wildman–Crippen LogP) is 5.59. The molecule has 52 heavy (non-hydrogen) atoms. The number of imide groups is 1. The molecule has 12 nitrogen and oxygen atoms in total. The minimum absolute atomic E-state index is 0.0728. The van der Waals surface area contributed by atoms with Crippen molar-refractivity contribution in [2.24, 2.45) is 0 Å². The van der Waals surface area contributed by atoms with E-state index in [1.807, 2.05) is 55.6 Å². The lowest BCUT2D eigenvalue weighted by Crippen LogP contribution is -2.38. The van der Waals surface area contributed by atoms with Crippen LogP contribution in [0.15, 0.2) is 66.7 Å². The van der Waals surface area contributed by atoms with Crippen LogP contribution in [0.5, 0.6) is 5.75 Å². The second-order valence-corrected chi connectivity index (χ2v) is 12.3. The lowest BCUT2D eigenvalue weighted by Gasteiger charge is -2.21. The Morgan fingerprint density at radius 3 is 2.25 bits per heavy atom. The van der Waals surface area contributed by atoms with Crippen LogP contribution < -0.4 is 20.7 Å². The number of H-pyrrole nitrogens is 1. The van der Waals surface area contributed by atoms with E-state index in [9.17, 15) is 24.0 Å². The number of halogens is 1. The number of aromatic nitrogens is 1. The standard InChI is InChI=1S/C22H26ClN3O.C15H15NO5.C2H5NO/c1-24-13-7-2-3-8-14-25-22(27)21-20(16-9-5-4-6-10-16)18-15-17(23)11-12-19(18)26-21;1-10(4-3-7-17)16-14(19)11-5-2-6-12(21-9-8-18)13(11)15(16)20;1-3-2-4/h4-6,9-12,15,24,26H,2-3,7-8,13-14H2,1H3,(H,25,27);2,5-8,10H,3-4,9H2,1H3;2H,1H3,(H,3,4). The molecular weight excluding hydrogens is 686 g/mol. The van der Waals surface area contributed by atoms with E-state index >= 15 is 0 Å². The first-order valence-electron chi connectivity index (χ1n) is 17.1. The first-order chi connectivity index (χ1) is 25.2. The number of hydrogen-bond donors (Lipinski definition) is 4. The SMILES string of the molecule is CC(CCC=O)N1C(=O)c2cccc(OCC=O)c2C1=O.CNC=O.CNCCCCCCNC(=O)c1[nH]c2ccc(Cl)cc2c1-c1ccccc1. The van der Waals surface area contributed by atoms with Gasteiger partial charge in [-0.2, -0.15) is 0 Å². The van der Waals surface area contributed by atoms with Gasteiger partial charge in [0.05, 0.1) is 11.1 Å². The molecule has 276 valence electrons. The molecule has 1 aliphatic rings. The van der Waals surface area contributed by atoms with Crippen LogP contribution in [-0.4, -0.2) is 86.4 Å². The monoisotopic (exact) mass is 731 g/mol. The van der Waals surface area contributed by atoms with Crippen molar-refractivity contribution in [3.05, 3.63) is 88.6 Å². The molecule has 0 fully saturated rings. The van der Waals surface area contributed by atoms with Crippen molar-refractivity contribution in [2.75, 3.05) is 33.8 Å². The second kappa shape index (κ2) is 21.8. The molecule has 13 heteroatoms. The predicted molar refractivity (Wildman–Crippen MR) is 202 cm³/mol. The van der Waals surface area contributed by atoms with Crippen molar-refractivity contribution in [1.82, 2.24) is 25.8 Å². The summed E-state index contributed by atoms with van der Waals surface area (Å²) >= 11 is 6.20. The third-order valence-corrected chi connectivity index (χ3v) is 8.40. The number of aromatic amines is 1. The van der Waals surface area contributed by atoms with Crippen LogP contribution in [0, 0.1) is 0 Å². The first kappa shape index (κ1) is 41.1. The van der Waals surface area contributed by atoms with E-state index in [0.29, 0.717) is 36.4 Å². The van der Waals surface area contributed by atoms with Crippen LogP contribution >= 0.6 is 11.6 Å². The Kier molecular flexibility index (Phi) is 17.2. The van der Waals surface area contributed by atoms with Crippen LogP contribution in [0.25, 0.3) is 22.0 Å². The number of rotatable bonds is 17. The minimum Gasteiger partial charge on any atom is -0.485 e. The number of fused-ring (bicyclic) bond motifs is 2. The summed E-state index contributed by atoms with van der Waals surface area (Å²) in [5, 5.41) is 10.1. The first-order valence-corrected chi connectivity index (χ1v) is 17.5. The van der Waals surface area contributed by atoms with Crippen molar-refractivity contribution in [1.29, 1.82) is 0 Å². The van der Waals surface area contributed by atoms with Gasteiger partial charge in [0.15, 0.2) is 6.29 Å². The molecule has 5 rings (SSSR count). The van der Waals surface area contributed by atoms with Crippen molar-refractivity contribution in [2.45, 2.75) is 51.5 Å². The highest BCUT2D eigenvalue weighted by atomic mass is 35.5. The molecule has 1 aliphatic heterocycles. The van der Waals surface area contributed by atoms with Gasteiger partial charge in [-0.15, -0.1) is 0 Å². The van der Waals surface area contributed by atoms with E-state index < -0.39 is 11.8 Å². The largest absolute Gasteiger partial charge is 0.485 e. The zero-order valence-electron chi connectivity index (χ0n) is 29.7. The second-order valence-electron chi connectivity index (χ2n) is 11.8. The Hall–Kier alpha value is -5.33. The van der Waals surface area contributed by atoms with Crippen molar-refractivity contribution >= 4 is 59.2 Å². The molecule has 3 aromatic carbocycles. The number of aldehydes is 2. The van der Waals surface area contributed by atoms with Gasteiger partial charge in [-0.25, -0.2) is 0 Å². The molecule has 4 aromatic rings. The molecule has 0 radical (unpaired) electrons. The zero-order chi connectivity index (χ0) is 37.9. The maximum Gasteiger partial charge on any atom is 0.268 e. The van der Waals surface area contributed by atoms with Crippen LogP contribution in [-0.2, 0) is 14.4 Å². The number of benzene rings is 3. The molecular formula is C39H46ClN5O7. The number of nitrogens with one attached hydrogen (secondary N) is 4. The Morgan fingerprint density at radius 1 is 0.885 bits per heavy atom. The summed E-state index contributed by atoms with van der Waals surface area (Å²) in [6, 6.07) is 20.0. The molecule has 2 heterocycles. The Balaban J connectivity index is 0.000000261. The quantitative estimate of drug-likeness (QED) is 0.0620. The molecule has 0 bridgehead atoms. The normalized spacial score (nSPS) is 12.1. The number of carbonyl (C=O) groups excluding carboxylic acids is 6. The summed E-state index contributed by atoms with van der Waals surface area (Å²) < 4.78 is 5.20. The van der Waals surface area contributed by atoms with Crippen LogP contribution in [0.3, 0.4) is 0 Å². The van der Waals surface area contributed by atoms with Gasteiger partial charge in [0.25, 0.3) is 17.7 Å². The van der Waals surface area contributed by atoms with Crippen molar-refractivity contribution < 1.29 is 33.5 Å². The zero-order valence-corrected chi connectivity index (χ0v) is 30.5. The number of nitrogens with zero attached hydrogens (tertiary/aromatic N) is 1. The maximum absolute atomic E-state index is 12.8. The fourth-order valence-corrected chi connectivity index (χ4v) is 5.84. The van der Waals surface area contributed by atoms with E-state index in [1.165, 1.54) is 12.8 Å². The van der Waals surface area contributed by atoms with Gasteiger partial charge in [-0.1, -0.05) is 60.8 Å². The Bertz CT molecular complexity index is 1810. The van der Waals surface area contributed by atoms with E-state index in [2.05, 4.69) is 20.9 Å². The van der Waals surface area contributed by atoms with E-state index in [0.717, 1.165) is 52.6 Å². The number of ether oxygens (including phenoxy) is 1. The average Bonchev–Trinajstić information content (AvgIpc) is 3.67. The molecule has 4 amide bonds. The summed E-state index contributed by atoms with van der Waals surface area (Å²) in [4.78, 5) is 71.9. The minimum atomic E-state index is -0.449. The summed E-state index contributed by atoms with van der Waals surface area (Å²) in [5.41, 5.74) is 3.86. The molecule has 4 N–H and O–H groups in total. The van der Waals surface area contributed by atoms with E-state index in [4.69, 9.17) is 21.1 Å². The lowest BCUT2D eigenvalue weighted by atomic mass is 10.0. The van der Waals surface area contributed by atoms with Crippen molar-refractivity contribution in [3.8, 4) is 16.9 Å². The van der Waals surface area contributed by atoms with Gasteiger partial charge < -0.3 is 30.5 Å². The average molecular weight is 732 g/mol. The maximum atomic E-state index is 12.8. The molecule has 1 atom stereocenters. The van der Waals surface area contributed by atoms with E-state index in [1.54, 1.807) is 32.2 Å². The molecule has 0 spiro atoms. The number of hydrogen-bond acceptors (Lipinski definition) is 8. The van der Waals surface area contributed by atoms with Crippen LogP contribution in [0.2, 0.25) is 5.02 Å². The van der Waals surface area contributed by atoms with E-state index in [-0.39, 0.29) is 41.9 Å². The van der Waals surface area contributed by atoms with Crippen molar-refractivity contribution in [3.63, 3.8) is 0 Å². The van der Waals surface area contributed by atoms with Gasteiger partial charge in [0, 0.05) is 47.5 Å². The lowest BCUT2D eigenvalue weighted by molar-refractivity contribution is -0.110. The summed E-state index contributed by atoms with van der Waals surface area (Å²) in [6.07, 6.45) is 7.11. The molecule has 1 unspecified atom stereocenters. The number of amides is 4. The molecule has 0 saturated carbocycles. The van der Waals surface area contributed by atoms with Crippen LogP contribution in [0.1, 0.15) is 76.7 Å². The highest BCUT2D eigenvalue weighted by molar-refractivity contribution is 6.31. The van der Waals surface area contributed by atoms with Gasteiger partial charge in [0.1, 0.15) is 24.3 Å². The topological polar surface area (TPSA) is 167 Å². The van der Waals surface area contributed by atoms with Crippen LogP contribution in [0.4, 0.5) is 0 Å². The molecule has 0 aliphatic carbocycles. The summed E-state index contributed by atoms with van der Waals surface area (Å²) in [5.74, 6) is -0.695. The highest BCUT2D eigenvalue weighted by Crippen LogP contribution is 2.35. The molecule has 1 aromatic heterocycles. The van der Waals surface area contributed by atoms with Gasteiger partial charge in [-0.3, -0.25) is 28.9 Å². The Labute approximate surface area is 308 Å². The van der Waals surface area contributed by atoms with Gasteiger partial charge in [0.2, 0.25) is 6.41 Å². The summed E-state index contributed by atoms with van der Waals surface area (Å²) in [6.45, 7) is 3.27. The Morgan fingerprint density at radius 2 is 1.60 bits per heavy atom. The number of carbonyl (C=O) groups is 6.